The van der Waals surface area contributed by atoms with Crippen molar-refractivity contribution in [2.75, 3.05) is 13.7 Å². The second-order valence-corrected chi connectivity index (χ2v) is 2.41. The summed E-state index contributed by atoms with van der Waals surface area (Å²) in [5.74, 6) is 0. The summed E-state index contributed by atoms with van der Waals surface area (Å²) < 4.78 is 0. The summed E-state index contributed by atoms with van der Waals surface area (Å²) in [4.78, 5) is 6.20. The van der Waals surface area contributed by atoms with Crippen molar-refractivity contribution in [1.29, 1.82) is 0 Å². The van der Waals surface area contributed by atoms with Crippen LogP contribution in [0, 0.1) is 0 Å². The maximum atomic E-state index is 4.14. The average molecular weight is 156 g/mol. The molecule has 11 heavy (non-hydrogen) atoms. The smallest absolute Gasteiger partial charge is 0.109 e. The molecule has 0 unspecified atom stereocenters. The van der Waals surface area contributed by atoms with Crippen molar-refractivity contribution in [2.45, 2.75) is 6.42 Å². The zero-order valence-corrected chi connectivity index (χ0v) is 6.66. The Morgan fingerprint density at radius 3 is 3.09 bits per heavy atom. The minimum atomic E-state index is 0. The Balaban J connectivity index is 0.000001000. The van der Waals surface area contributed by atoms with E-state index < -0.39 is 0 Å². The van der Waals surface area contributed by atoms with Crippen LogP contribution in [0.25, 0.3) is 0 Å². The fourth-order valence-electron chi connectivity index (χ4n) is 0.916. The van der Waals surface area contributed by atoms with Crippen LogP contribution in [0.15, 0.2) is 29.4 Å². The van der Waals surface area contributed by atoms with Gasteiger partial charge in [-0.3, -0.25) is 9.70 Å². The van der Waals surface area contributed by atoms with Gasteiger partial charge in [-0.2, -0.15) is 0 Å². The molecular formula is C8H13FN2. The van der Waals surface area contributed by atoms with Crippen molar-refractivity contribution < 1.29 is 4.70 Å². The Kier molecular flexibility index (Phi) is 4.18. The molecule has 0 saturated carbocycles. The van der Waals surface area contributed by atoms with Crippen molar-refractivity contribution in [3.8, 4) is 0 Å². The summed E-state index contributed by atoms with van der Waals surface area (Å²) in [6.07, 6.45) is 6.79. The molecule has 0 saturated heterocycles. The molecule has 1 heterocycles. The van der Waals surface area contributed by atoms with Crippen molar-refractivity contribution in [1.82, 2.24) is 4.90 Å². The molecular weight excluding hydrogens is 143 g/mol. The average Bonchev–Trinajstić information content (AvgIpc) is 1.88. The van der Waals surface area contributed by atoms with Crippen LogP contribution in [-0.4, -0.2) is 24.8 Å². The molecule has 0 fully saturated rings. The molecule has 0 aromatic rings. The molecule has 0 spiro atoms. The van der Waals surface area contributed by atoms with Crippen LogP contribution in [0.1, 0.15) is 6.42 Å². The van der Waals surface area contributed by atoms with Crippen molar-refractivity contribution in [3.63, 3.8) is 0 Å². The van der Waals surface area contributed by atoms with E-state index in [1.165, 1.54) is 5.57 Å². The van der Waals surface area contributed by atoms with Crippen molar-refractivity contribution in [3.05, 3.63) is 24.4 Å². The van der Waals surface area contributed by atoms with E-state index in [0.29, 0.717) is 0 Å². The van der Waals surface area contributed by atoms with E-state index in [9.17, 15) is 0 Å². The molecule has 62 valence electrons. The van der Waals surface area contributed by atoms with Crippen LogP contribution in [-0.2, 0) is 0 Å². The largest absolute Gasteiger partial charge is 0.361 e. The van der Waals surface area contributed by atoms with Gasteiger partial charge in [-0.15, -0.1) is 6.58 Å². The maximum Gasteiger partial charge on any atom is 0.109 e. The van der Waals surface area contributed by atoms with Gasteiger partial charge in [-0.05, 0) is 12.0 Å². The summed E-state index contributed by atoms with van der Waals surface area (Å²) in [5, 5.41) is 0. The van der Waals surface area contributed by atoms with E-state index in [4.69, 9.17) is 0 Å². The molecule has 0 aromatic carbocycles. The fraction of sp³-hybridized carbons (Fsp3) is 0.375. The van der Waals surface area contributed by atoms with E-state index >= 15 is 0 Å². The van der Waals surface area contributed by atoms with Gasteiger partial charge in [0.15, 0.2) is 0 Å². The summed E-state index contributed by atoms with van der Waals surface area (Å²) in [7, 11) is 2.01. The molecule has 0 bridgehead atoms. The lowest BCUT2D eigenvalue weighted by molar-refractivity contribution is 0.465. The van der Waals surface area contributed by atoms with Gasteiger partial charge in [0.25, 0.3) is 0 Å². The first-order chi connectivity index (χ1) is 4.83. The third-order valence-electron chi connectivity index (χ3n) is 1.33. The van der Waals surface area contributed by atoms with Crippen LogP contribution in [0.2, 0.25) is 0 Å². The number of hydrogen-bond acceptors (Lipinski definition) is 2. The minimum absolute atomic E-state index is 0. The van der Waals surface area contributed by atoms with Gasteiger partial charge in [0.1, 0.15) is 6.67 Å². The van der Waals surface area contributed by atoms with Gasteiger partial charge in [0.2, 0.25) is 0 Å². The molecule has 0 amide bonds. The van der Waals surface area contributed by atoms with Gasteiger partial charge >= 0.3 is 0 Å². The topological polar surface area (TPSA) is 15.6 Å². The SMILES string of the molecule is C=CCC1=CN(C)CN=C1.F. The normalized spacial score (nSPS) is 15.4. The van der Waals surface area contributed by atoms with Gasteiger partial charge in [-0.1, -0.05) is 6.08 Å². The molecule has 1 rings (SSSR count). The fourth-order valence-corrected chi connectivity index (χ4v) is 0.916. The number of hydrogen-bond donors (Lipinski definition) is 0. The third-order valence-corrected chi connectivity index (χ3v) is 1.33. The van der Waals surface area contributed by atoms with Crippen LogP contribution in [0.4, 0.5) is 4.70 Å². The van der Waals surface area contributed by atoms with Crippen LogP contribution in [0.5, 0.6) is 0 Å². The van der Waals surface area contributed by atoms with Gasteiger partial charge < -0.3 is 4.90 Å². The first-order valence-electron chi connectivity index (χ1n) is 3.34. The number of allylic oxidation sites excluding steroid dienone is 2. The predicted molar refractivity (Wildman–Crippen MR) is 46.5 cm³/mol. The number of aliphatic imine (C=N–C) groups is 1. The molecule has 1 aliphatic heterocycles. The Hall–Kier alpha value is -1.12. The van der Waals surface area contributed by atoms with E-state index in [0.717, 1.165) is 13.1 Å². The lowest BCUT2D eigenvalue weighted by atomic mass is 10.2. The molecule has 1 aliphatic rings. The van der Waals surface area contributed by atoms with Gasteiger partial charge in [0.05, 0.1) is 0 Å². The van der Waals surface area contributed by atoms with Gasteiger partial charge in [0, 0.05) is 19.5 Å². The molecule has 0 atom stereocenters. The monoisotopic (exact) mass is 156 g/mol. The minimum Gasteiger partial charge on any atom is -0.361 e. The highest BCUT2D eigenvalue weighted by atomic mass is 19.0. The summed E-state index contributed by atoms with van der Waals surface area (Å²) >= 11 is 0. The Morgan fingerprint density at radius 1 is 1.82 bits per heavy atom. The highest BCUT2D eigenvalue weighted by molar-refractivity contribution is 5.79. The second kappa shape index (κ2) is 4.66. The zero-order valence-electron chi connectivity index (χ0n) is 6.66. The maximum absolute atomic E-state index is 4.14. The van der Waals surface area contributed by atoms with Crippen LogP contribution < -0.4 is 0 Å². The second-order valence-electron chi connectivity index (χ2n) is 2.41. The number of halogens is 1. The van der Waals surface area contributed by atoms with Crippen molar-refractivity contribution >= 4 is 6.21 Å². The Labute approximate surface area is 66.3 Å². The zero-order chi connectivity index (χ0) is 7.40. The molecule has 0 aliphatic carbocycles. The summed E-state index contributed by atoms with van der Waals surface area (Å²) in [6, 6.07) is 0. The number of rotatable bonds is 2. The molecule has 0 aromatic heterocycles. The lowest BCUT2D eigenvalue weighted by Gasteiger charge is -2.15. The highest BCUT2D eigenvalue weighted by Gasteiger charge is 1.98. The molecule has 2 nitrogen and oxygen atoms in total. The molecule has 0 N–H and O–H groups in total. The van der Waals surface area contributed by atoms with E-state index in [1.54, 1.807) is 0 Å². The quantitative estimate of drug-likeness (QED) is 0.554. The van der Waals surface area contributed by atoms with Crippen LogP contribution in [0.3, 0.4) is 0 Å². The highest BCUT2D eigenvalue weighted by Crippen LogP contribution is 2.04. The number of nitrogens with zero attached hydrogens (tertiary/aromatic N) is 2. The standard InChI is InChI=1S/C8H12N2.FH/c1-3-4-8-5-9-7-10(2)6-8;/h3,5-6H,1,4,7H2,2H3;1H. The van der Waals surface area contributed by atoms with Gasteiger partial charge in [-0.25, -0.2) is 0 Å². The molecule has 3 heteroatoms. The Bertz CT molecular complexity index is 185. The van der Waals surface area contributed by atoms with E-state index in [1.807, 2.05) is 19.3 Å². The first-order valence-corrected chi connectivity index (χ1v) is 3.34. The van der Waals surface area contributed by atoms with Crippen LogP contribution >= 0.6 is 0 Å². The summed E-state index contributed by atoms with van der Waals surface area (Å²) in [6.45, 7) is 4.44. The molecule has 0 radical (unpaired) electrons. The summed E-state index contributed by atoms with van der Waals surface area (Å²) in [5.41, 5.74) is 1.23. The Morgan fingerprint density at radius 2 is 2.55 bits per heavy atom. The third kappa shape index (κ3) is 2.98. The van der Waals surface area contributed by atoms with E-state index in [-0.39, 0.29) is 4.70 Å². The van der Waals surface area contributed by atoms with E-state index in [2.05, 4.69) is 22.7 Å². The predicted octanol–water partition coefficient (Wildman–Crippen LogP) is 1.57. The lowest BCUT2D eigenvalue weighted by Crippen LogP contribution is -2.15. The van der Waals surface area contributed by atoms with Crippen molar-refractivity contribution in [2.24, 2.45) is 4.99 Å². The first kappa shape index (κ1) is 9.88.